The molecule has 0 heterocycles. The predicted molar refractivity (Wildman–Crippen MR) is 65.9 cm³/mol. The molecule has 0 rings (SSSR count). The van der Waals surface area contributed by atoms with Gasteiger partial charge in [0.1, 0.15) is 11.8 Å². The first-order chi connectivity index (χ1) is 6.84. The van der Waals surface area contributed by atoms with Crippen LogP contribution in [0, 0.1) is 11.8 Å². The molecule has 0 saturated carbocycles. The number of hydrogen-bond donors (Lipinski definition) is 2. The standard InChI is InChI=1S/C11H21NO3.Li.H/c1-7(2)5-9(13)6-12-10(8(3)4)11(14)15;;/h7-8,10,12H,5-6H2,1-4H3,(H,14,15);;. The second-order valence-electron chi connectivity index (χ2n) is 4.58. The van der Waals surface area contributed by atoms with Crippen LogP contribution in [0.15, 0.2) is 0 Å². The van der Waals surface area contributed by atoms with Gasteiger partial charge in [0.2, 0.25) is 0 Å². The molecule has 90 valence electrons. The Morgan fingerprint density at radius 3 is 2.00 bits per heavy atom. The zero-order chi connectivity index (χ0) is 12.0. The first-order valence-electron chi connectivity index (χ1n) is 5.32. The van der Waals surface area contributed by atoms with E-state index in [4.69, 9.17) is 5.11 Å². The number of hydrogen-bond acceptors (Lipinski definition) is 3. The van der Waals surface area contributed by atoms with Gasteiger partial charge in [-0.2, -0.15) is 0 Å². The van der Waals surface area contributed by atoms with Gasteiger partial charge in [0, 0.05) is 6.42 Å². The van der Waals surface area contributed by atoms with Gasteiger partial charge in [-0.05, 0) is 11.8 Å². The number of ketones is 1. The zero-order valence-electron chi connectivity index (χ0n) is 9.91. The Hall–Kier alpha value is -0.303. The molecule has 4 nitrogen and oxygen atoms in total. The number of carboxylic acids is 1. The number of nitrogens with one attached hydrogen (secondary N) is 1. The van der Waals surface area contributed by atoms with Crippen molar-refractivity contribution >= 4 is 30.6 Å². The summed E-state index contributed by atoms with van der Waals surface area (Å²) in [7, 11) is 0. The molecular weight excluding hydrogens is 201 g/mol. The van der Waals surface area contributed by atoms with Crippen LogP contribution in [0.4, 0.5) is 0 Å². The van der Waals surface area contributed by atoms with E-state index in [1.54, 1.807) is 0 Å². The van der Waals surface area contributed by atoms with Gasteiger partial charge in [0.25, 0.3) is 0 Å². The predicted octanol–water partition coefficient (Wildman–Crippen LogP) is 0.652. The van der Waals surface area contributed by atoms with Crippen molar-refractivity contribution in [3.05, 3.63) is 0 Å². The molecule has 1 unspecified atom stereocenters. The number of aliphatic carboxylic acids is 1. The van der Waals surface area contributed by atoms with Crippen molar-refractivity contribution in [1.29, 1.82) is 0 Å². The Morgan fingerprint density at radius 2 is 1.69 bits per heavy atom. The maximum atomic E-state index is 11.3. The number of Topliss-reactive ketones (excluding diaryl/α,β-unsaturated/α-hetero) is 1. The Labute approximate surface area is 109 Å². The monoisotopic (exact) mass is 223 g/mol. The molecule has 0 aromatic carbocycles. The Kier molecular flexibility index (Phi) is 9.95. The molecule has 16 heavy (non-hydrogen) atoms. The van der Waals surface area contributed by atoms with E-state index >= 15 is 0 Å². The van der Waals surface area contributed by atoms with Crippen molar-refractivity contribution in [2.75, 3.05) is 6.54 Å². The van der Waals surface area contributed by atoms with Gasteiger partial charge in [-0.3, -0.25) is 14.9 Å². The van der Waals surface area contributed by atoms with Crippen LogP contribution in [0.2, 0.25) is 0 Å². The van der Waals surface area contributed by atoms with Crippen LogP contribution >= 0.6 is 0 Å². The molecule has 0 aliphatic carbocycles. The molecule has 0 spiro atoms. The molecule has 0 bridgehead atoms. The van der Waals surface area contributed by atoms with Crippen LogP contribution in [0.3, 0.4) is 0 Å². The van der Waals surface area contributed by atoms with Gasteiger partial charge < -0.3 is 5.11 Å². The van der Waals surface area contributed by atoms with Crippen molar-refractivity contribution in [2.45, 2.75) is 40.2 Å². The molecule has 0 amide bonds. The van der Waals surface area contributed by atoms with E-state index in [1.165, 1.54) is 0 Å². The summed E-state index contributed by atoms with van der Waals surface area (Å²) in [5.41, 5.74) is 0. The third kappa shape index (κ3) is 7.92. The molecule has 0 saturated heterocycles. The normalized spacial score (nSPS) is 12.4. The number of carbonyl (C=O) groups is 2. The van der Waals surface area contributed by atoms with Gasteiger partial charge >= 0.3 is 24.8 Å². The topological polar surface area (TPSA) is 66.4 Å². The average molecular weight is 223 g/mol. The Bertz CT molecular complexity index is 229. The van der Waals surface area contributed by atoms with E-state index in [0.717, 1.165) is 0 Å². The summed E-state index contributed by atoms with van der Waals surface area (Å²) in [5, 5.41) is 11.6. The molecule has 0 aliphatic rings. The second kappa shape index (κ2) is 8.80. The van der Waals surface area contributed by atoms with Crippen molar-refractivity contribution in [1.82, 2.24) is 5.32 Å². The van der Waals surface area contributed by atoms with Gasteiger partial charge in [0.15, 0.2) is 0 Å². The minimum atomic E-state index is -0.901. The third-order valence-electron chi connectivity index (χ3n) is 2.09. The van der Waals surface area contributed by atoms with Crippen molar-refractivity contribution in [3.8, 4) is 0 Å². The fourth-order valence-electron chi connectivity index (χ4n) is 1.36. The fourth-order valence-corrected chi connectivity index (χ4v) is 1.36. The minimum absolute atomic E-state index is 0. The van der Waals surface area contributed by atoms with Crippen LogP contribution in [-0.4, -0.2) is 48.3 Å². The summed E-state index contributed by atoms with van der Waals surface area (Å²) in [6.45, 7) is 7.72. The summed E-state index contributed by atoms with van der Waals surface area (Å²) < 4.78 is 0. The number of carboxylic acid groups (broad SMARTS) is 1. The summed E-state index contributed by atoms with van der Waals surface area (Å²) in [4.78, 5) is 22.1. The van der Waals surface area contributed by atoms with Gasteiger partial charge in [-0.25, -0.2) is 0 Å². The summed E-state index contributed by atoms with van der Waals surface area (Å²) in [6, 6.07) is -0.638. The molecular formula is C11H22LiNO3. The van der Waals surface area contributed by atoms with Crippen LogP contribution in [0.25, 0.3) is 0 Å². The second-order valence-corrected chi connectivity index (χ2v) is 4.58. The molecule has 0 aliphatic heterocycles. The molecule has 2 N–H and O–H groups in total. The van der Waals surface area contributed by atoms with Gasteiger partial charge in [-0.15, -0.1) is 0 Å². The Balaban J connectivity index is 0. The Morgan fingerprint density at radius 1 is 1.19 bits per heavy atom. The van der Waals surface area contributed by atoms with Crippen LogP contribution < -0.4 is 5.32 Å². The summed E-state index contributed by atoms with van der Waals surface area (Å²) in [5.74, 6) is -0.532. The molecule has 0 fully saturated rings. The van der Waals surface area contributed by atoms with Gasteiger partial charge in [0.05, 0.1) is 6.54 Å². The molecule has 1 atom stereocenters. The molecule has 5 heteroatoms. The van der Waals surface area contributed by atoms with Crippen LogP contribution in [-0.2, 0) is 9.59 Å². The molecule has 0 radical (unpaired) electrons. The van der Waals surface area contributed by atoms with E-state index in [2.05, 4.69) is 5.32 Å². The molecule has 0 aromatic heterocycles. The fraction of sp³-hybridized carbons (Fsp3) is 0.818. The van der Waals surface area contributed by atoms with E-state index in [1.807, 2.05) is 27.7 Å². The van der Waals surface area contributed by atoms with E-state index in [0.29, 0.717) is 12.3 Å². The van der Waals surface area contributed by atoms with Crippen LogP contribution in [0.1, 0.15) is 34.1 Å². The van der Waals surface area contributed by atoms with Crippen molar-refractivity contribution in [2.24, 2.45) is 11.8 Å². The first-order valence-corrected chi connectivity index (χ1v) is 5.32. The first kappa shape index (κ1) is 18.1. The third-order valence-corrected chi connectivity index (χ3v) is 2.09. The number of carbonyl (C=O) groups excluding carboxylic acids is 1. The summed E-state index contributed by atoms with van der Waals surface area (Å²) in [6.07, 6.45) is 0.497. The van der Waals surface area contributed by atoms with Gasteiger partial charge in [-0.1, -0.05) is 27.7 Å². The summed E-state index contributed by atoms with van der Waals surface area (Å²) >= 11 is 0. The maximum absolute atomic E-state index is 11.3. The van der Waals surface area contributed by atoms with Crippen LogP contribution in [0.5, 0.6) is 0 Å². The zero-order valence-corrected chi connectivity index (χ0v) is 9.91. The van der Waals surface area contributed by atoms with E-state index < -0.39 is 12.0 Å². The van der Waals surface area contributed by atoms with Crippen molar-refractivity contribution in [3.63, 3.8) is 0 Å². The SMILES string of the molecule is CC(C)CC(=O)CNC(C(=O)O)C(C)C.[LiH]. The van der Waals surface area contributed by atoms with E-state index in [9.17, 15) is 9.59 Å². The van der Waals surface area contributed by atoms with E-state index in [-0.39, 0.29) is 37.1 Å². The molecule has 0 aromatic rings. The van der Waals surface area contributed by atoms with Crippen molar-refractivity contribution < 1.29 is 14.7 Å². The quantitative estimate of drug-likeness (QED) is 0.622. The number of rotatable bonds is 7. The average Bonchev–Trinajstić information content (AvgIpc) is 2.00.